The van der Waals surface area contributed by atoms with Crippen LogP contribution in [0.15, 0.2) is 22.8 Å². The Hall–Kier alpha value is -2.31. The van der Waals surface area contributed by atoms with E-state index in [2.05, 4.69) is 16.0 Å². The van der Waals surface area contributed by atoms with Crippen LogP contribution >= 0.6 is 0 Å². The zero-order valence-corrected chi connectivity index (χ0v) is 11.6. The van der Waals surface area contributed by atoms with Gasteiger partial charge in [-0.15, -0.1) is 0 Å². The van der Waals surface area contributed by atoms with Crippen molar-refractivity contribution in [2.75, 3.05) is 13.1 Å². The first-order valence-corrected chi connectivity index (χ1v) is 6.43. The number of hydrogen-bond donors (Lipinski definition) is 3. The number of nitrogens with one attached hydrogen (secondary N) is 3. The Balaban J connectivity index is 2.32. The van der Waals surface area contributed by atoms with Crippen LogP contribution in [0, 0.1) is 0 Å². The lowest BCUT2D eigenvalue weighted by Crippen LogP contribution is -2.47. The van der Waals surface area contributed by atoms with Crippen molar-refractivity contribution in [1.29, 1.82) is 0 Å². The molecule has 1 unspecified atom stereocenters. The number of carbonyl (C=O) groups is 3. The third-order valence-corrected chi connectivity index (χ3v) is 2.48. The van der Waals surface area contributed by atoms with E-state index < -0.39 is 17.9 Å². The monoisotopic (exact) mass is 281 g/mol. The van der Waals surface area contributed by atoms with Crippen LogP contribution in [0.2, 0.25) is 0 Å². The van der Waals surface area contributed by atoms with Gasteiger partial charge in [0, 0.05) is 6.54 Å². The van der Waals surface area contributed by atoms with Crippen LogP contribution < -0.4 is 16.0 Å². The summed E-state index contributed by atoms with van der Waals surface area (Å²) in [5, 5.41) is 7.55. The minimum atomic E-state index is -0.758. The Labute approximate surface area is 117 Å². The third-order valence-electron chi connectivity index (χ3n) is 2.48. The van der Waals surface area contributed by atoms with Gasteiger partial charge in [-0.2, -0.15) is 0 Å². The average molecular weight is 281 g/mol. The Bertz CT molecular complexity index is 456. The van der Waals surface area contributed by atoms with Crippen molar-refractivity contribution in [3.05, 3.63) is 24.2 Å². The average Bonchev–Trinajstić information content (AvgIpc) is 2.96. The fraction of sp³-hybridized carbons (Fsp3) is 0.462. The number of furan rings is 1. The van der Waals surface area contributed by atoms with Crippen LogP contribution in [-0.2, 0) is 9.59 Å². The molecule has 0 saturated heterocycles. The molecule has 0 aliphatic rings. The third kappa shape index (κ3) is 5.13. The summed E-state index contributed by atoms with van der Waals surface area (Å²) in [5.74, 6) is -1.04. The van der Waals surface area contributed by atoms with Crippen LogP contribution in [0.5, 0.6) is 0 Å². The van der Waals surface area contributed by atoms with Crippen molar-refractivity contribution in [1.82, 2.24) is 16.0 Å². The highest BCUT2D eigenvalue weighted by molar-refractivity contribution is 5.96. The molecular weight excluding hydrogens is 262 g/mol. The number of amides is 3. The molecule has 1 rings (SSSR count). The molecule has 0 aromatic carbocycles. The van der Waals surface area contributed by atoms with Crippen molar-refractivity contribution in [3.8, 4) is 0 Å². The van der Waals surface area contributed by atoms with Gasteiger partial charge in [-0.25, -0.2) is 0 Å². The highest BCUT2D eigenvalue weighted by Crippen LogP contribution is 1.99. The topological polar surface area (TPSA) is 100 Å². The summed E-state index contributed by atoms with van der Waals surface area (Å²) in [6.07, 6.45) is 2.20. The molecule has 3 amide bonds. The maximum Gasteiger partial charge on any atom is 0.287 e. The van der Waals surface area contributed by atoms with Gasteiger partial charge in [0.05, 0.1) is 12.8 Å². The molecule has 0 aliphatic carbocycles. The van der Waals surface area contributed by atoms with Crippen molar-refractivity contribution in [3.63, 3.8) is 0 Å². The van der Waals surface area contributed by atoms with Crippen molar-refractivity contribution in [2.24, 2.45) is 0 Å². The fourth-order valence-electron chi connectivity index (χ4n) is 1.39. The molecule has 1 aromatic rings. The van der Waals surface area contributed by atoms with E-state index in [9.17, 15) is 14.4 Å². The number of hydrogen-bond acceptors (Lipinski definition) is 4. The smallest absolute Gasteiger partial charge is 0.287 e. The van der Waals surface area contributed by atoms with Gasteiger partial charge in [0.1, 0.15) is 6.04 Å². The van der Waals surface area contributed by atoms with Gasteiger partial charge in [-0.1, -0.05) is 6.92 Å². The van der Waals surface area contributed by atoms with E-state index >= 15 is 0 Å². The summed E-state index contributed by atoms with van der Waals surface area (Å²) in [7, 11) is 0. The number of rotatable bonds is 7. The predicted molar refractivity (Wildman–Crippen MR) is 71.9 cm³/mol. The van der Waals surface area contributed by atoms with Gasteiger partial charge in [0.2, 0.25) is 11.8 Å². The zero-order chi connectivity index (χ0) is 15.0. The van der Waals surface area contributed by atoms with E-state index in [0.29, 0.717) is 6.54 Å². The summed E-state index contributed by atoms with van der Waals surface area (Å²) in [6, 6.07) is 2.32. The molecule has 0 fully saturated rings. The summed E-state index contributed by atoms with van der Waals surface area (Å²) in [4.78, 5) is 34.6. The van der Waals surface area contributed by atoms with Gasteiger partial charge < -0.3 is 20.4 Å². The zero-order valence-electron chi connectivity index (χ0n) is 11.6. The van der Waals surface area contributed by atoms with Crippen molar-refractivity contribution in [2.45, 2.75) is 26.3 Å². The molecule has 1 aromatic heterocycles. The van der Waals surface area contributed by atoms with Crippen LogP contribution in [0.3, 0.4) is 0 Å². The van der Waals surface area contributed by atoms with Gasteiger partial charge in [0.15, 0.2) is 5.76 Å². The van der Waals surface area contributed by atoms with E-state index in [0.717, 1.165) is 6.42 Å². The second-order valence-electron chi connectivity index (χ2n) is 4.24. The van der Waals surface area contributed by atoms with Gasteiger partial charge in [-0.05, 0) is 25.5 Å². The summed E-state index contributed by atoms with van der Waals surface area (Å²) in [5.41, 5.74) is 0. The molecular formula is C13H19N3O4. The lowest BCUT2D eigenvalue weighted by molar-refractivity contribution is -0.126. The Morgan fingerprint density at radius 3 is 2.65 bits per heavy atom. The predicted octanol–water partition coefficient (Wildman–Crippen LogP) is 0.0403. The SMILES string of the molecule is CCCNC(=O)CNC(=O)C(C)NC(=O)c1ccco1. The first-order chi connectivity index (χ1) is 9.54. The standard InChI is InChI=1S/C13H19N3O4/c1-3-6-14-11(17)8-15-12(18)9(2)16-13(19)10-5-4-7-20-10/h4-5,7,9H,3,6,8H2,1-2H3,(H,14,17)(H,15,18)(H,16,19). The second kappa shape index (κ2) is 7.98. The molecule has 20 heavy (non-hydrogen) atoms. The minimum Gasteiger partial charge on any atom is -0.459 e. The minimum absolute atomic E-state index is 0.111. The van der Waals surface area contributed by atoms with Crippen LogP contribution in [0.25, 0.3) is 0 Å². The first-order valence-electron chi connectivity index (χ1n) is 6.43. The quantitative estimate of drug-likeness (QED) is 0.657. The van der Waals surface area contributed by atoms with E-state index in [4.69, 9.17) is 4.42 Å². The molecule has 3 N–H and O–H groups in total. The summed E-state index contributed by atoms with van der Waals surface area (Å²) >= 11 is 0. The lowest BCUT2D eigenvalue weighted by atomic mass is 10.3. The highest BCUT2D eigenvalue weighted by atomic mass is 16.3. The highest BCUT2D eigenvalue weighted by Gasteiger charge is 2.18. The molecule has 7 heteroatoms. The Morgan fingerprint density at radius 2 is 2.05 bits per heavy atom. The molecule has 1 heterocycles. The van der Waals surface area contributed by atoms with Crippen molar-refractivity contribution < 1.29 is 18.8 Å². The molecule has 0 spiro atoms. The first kappa shape index (κ1) is 15.7. The van der Waals surface area contributed by atoms with Crippen LogP contribution in [0.4, 0.5) is 0 Å². The maximum atomic E-state index is 11.7. The molecule has 1 atom stereocenters. The lowest BCUT2D eigenvalue weighted by Gasteiger charge is -2.13. The van der Waals surface area contributed by atoms with E-state index in [-0.39, 0.29) is 18.2 Å². The summed E-state index contributed by atoms with van der Waals surface area (Å²) in [6.45, 7) is 3.92. The van der Waals surface area contributed by atoms with E-state index in [1.165, 1.54) is 19.3 Å². The molecule has 110 valence electrons. The fourth-order valence-corrected chi connectivity index (χ4v) is 1.39. The molecule has 7 nitrogen and oxygen atoms in total. The van der Waals surface area contributed by atoms with Gasteiger partial charge >= 0.3 is 0 Å². The largest absolute Gasteiger partial charge is 0.459 e. The van der Waals surface area contributed by atoms with E-state index in [1.54, 1.807) is 6.07 Å². The summed E-state index contributed by atoms with van der Waals surface area (Å²) < 4.78 is 4.91. The molecule has 0 bridgehead atoms. The van der Waals surface area contributed by atoms with Crippen LogP contribution in [0.1, 0.15) is 30.8 Å². The van der Waals surface area contributed by atoms with Gasteiger partial charge in [0.25, 0.3) is 5.91 Å². The number of carbonyl (C=O) groups excluding carboxylic acids is 3. The van der Waals surface area contributed by atoms with Crippen LogP contribution in [-0.4, -0.2) is 36.9 Å². The molecule has 0 aliphatic heterocycles. The van der Waals surface area contributed by atoms with Crippen molar-refractivity contribution >= 4 is 17.7 Å². The molecule has 0 saturated carbocycles. The maximum absolute atomic E-state index is 11.7. The normalized spacial score (nSPS) is 11.5. The Morgan fingerprint density at radius 1 is 1.30 bits per heavy atom. The Kier molecular flexibility index (Phi) is 6.28. The van der Waals surface area contributed by atoms with Gasteiger partial charge in [-0.3, -0.25) is 14.4 Å². The van der Waals surface area contributed by atoms with E-state index in [1.807, 2.05) is 6.92 Å². The molecule has 0 radical (unpaired) electrons. The second-order valence-corrected chi connectivity index (χ2v) is 4.24.